The number of aliphatic carboxylic acids is 1. The zero-order chi connectivity index (χ0) is 23.0. The summed E-state index contributed by atoms with van der Waals surface area (Å²) in [5, 5.41) is 12.3. The van der Waals surface area contributed by atoms with Crippen molar-refractivity contribution in [2.45, 2.75) is 25.6 Å². The first-order chi connectivity index (χ1) is 14.6. The number of carbonyl (C=O) groups is 1. The van der Waals surface area contributed by atoms with Crippen LogP contribution in [0.3, 0.4) is 0 Å². The van der Waals surface area contributed by atoms with E-state index >= 15 is 0 Å². The first-order valence-electron chi connectivity index (χ1n) is 9.61. The third kappa shape index (κ3) is 7.71. The number of carboxylic acid groups (broad SMARTS) is 1. The lowest BCUT2D eigenvalue weighted by Crippen LogP contribution is -2.38. The molecule has 1 aliphatic heterocycles. The van der Waals surface area contributed by atoms with Gasteiger partial charge in [-0.3, -0.25) is 9.58 Å². The number of fused-ring (bicyclic) bond motifs is 1. The molecule has 1 unspecified atom stereocenters. The van der Waals surface area contributed by atoms with E-state index in [0.717, 1.165) is 43.6 Å². The molecule has 0 bridgehead atoms. The Bertz CT molecular complexity index is 843. The van der Waals surface area contributed by atoms with Crippen molar-refractivity contribution in [2.75, 3.05) is 32.9 Å². The van der Waals surface area contributed by atoms with Gasteiger partial charge in [0.2, 0.25) is 0 Å². The smallest absolute Gasteiger partial charge is 0.490 e. The van der Waals surface area contributed by atoms with Gasteiger partial charge in [-0.15, -0.1) is 0 Å². The molecule has 11 heteroatoms. The molecule has 0 amide bonds. The number of carboxylic acids is 1. The Kier molecular flexibility index (Phi) is 9.15. The van der Waals surface area contributed by atoms with Crippen LogP contribution in [-0.2, 0) is 23.1 Å². The summed E-state index contributed by atoms with van der Waals surface area (Å²) >= 11 is 5.89. The Hall–Kier alpha value is -2.30. The van der Waals surface area contributed by atoms with E-state index < -0.39 is 12.1 Å². The molecule has 0 saturated carbocycles. The molecule has 0 spiro atoms. The van der Waals surface area contributed by atoms with Crippen molar-refractivity contribution in [1.82, 2.24) is 14.7 Å². The van der Waals surface area contributed by atoms with Crippen LogP contribution >= 0.6 is 11.6 Å². The predicted molar refractivity (Wildman–Crippen MR) is 108 cm³/mol. The summed E-state index contributed by atoms with van der Waals surface area (Å²) in [7, 11) is 2.00. The number of rotatable bonds is 7. The molecule has 2 aromatic rings. The van der Waals surface area contributed by atoms with Gasteiger partial charge in [-0.25, -0.2) is 4.79 Å². The highest BCUT2D eigenvalue weighted by molar-refractivity contribution is 6.30. The maximum absolute atomic E-state index is 10.6. The van der Waals surface area contributed by atoms with Crippen molar-refractivity contribution in [3.63, 3.8) is 0 Å². The number of halogens is 4. The highest BCUT2D eigenvalue weighted by atomic mass is 35.5. The second-order valence-corrected chi connectivity index (χ2v) is 7.30. The van der Waals surface area contributed by atoms with Gasteiger partial charge in [-0.05, 0) is 31.2 Å². The molecule has 1 aromatic heterocycles. The van der Waals surface area contributed by atoms with Crippen LogP contribution in [0.4, 0.5) is 13.2 Å². The average Bonchev–Trinajstić information content (AvgIpc) is 3.08. The van der Waals surface area contributed by atoms with Crippen molar-refractivity contribution >= 4 is 17.6 Å². The first-order valence-corrected chi connectivity index (χ1v) is 9.99. The minimum absolute atomic E-state index is 0.373. The van der Waals surface area contributed by atoms with Crippen LogP contribution < -0.4 is 4.74 Å². The SMILES string of the molecule is CCOCC1CN(CCOc2ccc(Cl)cc2)Cc2c1cnn2C.O=C(O)C(F)(F)F. The molecule has 1 atom stereocenters. The minimum atomic E-state index is -5.08. The zero-order valence-electron chi connectivity index (χ0n) is 17.2. The fourth-order valence-corrected chi connectivity index (χ4v) is 3.22. The highest BCUT2D eigenvalue weighted by Gasteiger charge is 2.38. The molecular weight excluding hydrogens is 439 g/mol. The quantitative estimate of drug-likeness (QED) is 0.674. The van der Waals surface area contributed by atoms with Gasteiger partial charge in [-0.2, -0.15) is 18.3 Å². The summed E-state index contributed by atoms with van der Waals surface area (Å²) in [4.78, 5) is 11.3. The van der Waals surface area contributed by atoms with Crippen molar-refractivity contribution in [1.29, 1.82) is 0 Å². The average molecular weight is 464 g/mol. The molecule has 172 valence electrons. The number of hydrogen-bond donors (Lipinski definition) is 1. The Balaban J connectivity index is 0.000000423. The van der Waals surface area contributed by atoms with Crippen LogP contribution in [-0.4, -0.2) is 64.8 Å². The summed E-state index contributed by atoms with van der Waals surface area (Å²) < 4.78 is 45.2. The molecule has 1 aliphatic rings. The van der Waals surface area contributed by atoms with Crippen LogP contribution in [0.15, 0.2) is 30.5 Å². The zero-order valence-corrected chi connectivity index (χ0v) is 18.0. The highest BCUT2D eigenvalue weighted by Crippen LogP contribution is 2.28. The first kappa shape index (κ1) is 25.0. The molecule has 0 radical (unpaired) electrons. The van der Waals surface area contributed by atoms with Gasteiger partial charge in [0.15, 0.2) is 0 Å². The lowest BCUT2D eigenvalue weighted by Gasteiger charge is -2.32. The predicted octanol–water partition coefficient (Wildman–Crippen LogP) is 3.72. The largest absolute Gasteiger partial charge is 0.492 e. The van der Waals surface area contributed by atoms with Crippen molar-refractivity contribution in [3.05, 3.63) is 46.7 Å². The van der Waals surface area contributed by atoms with Gasteiger partial charge in [0.25, 0.3) is 0 Å². The van der Waals surface area contributed by atoms with Crippen LogP contribution in [0, 0.1) is 0 Å². The fraction of sp³-hybridized carbons (Fsp3) is 0.500. The number of nitrogens with zero attached hydrogens (tertiary/aromatic N) is 3. The Morgan fingerprint density at radius 3 is 2.55 bits per heavy atom. The van der Waals surface area contributed by atoms with E-state index in [2.05, 4.69) is 10.00 Å². The fourth-order valence-electron chi connectivity index (χ4n) is 3.10. The number of ether oxygens (including phenoxy) is 2. The Morgan fingerprint density at radius 2 is 1.97 bits per heavy atom. The van der Waals surface area contributed by atoms with Crippen molar-refractivity contribution in [3.8, 4) is 5.75 Å². The normalized spacial score (nSPS) is 16.3. The second-order valence-electron chi connectivity index (χ2n) is 6.87. The lowest BCUT2D eigenvalue weighted by molar-refractivity contribution is -0.192. The minimum Gasteiger partial charge on any atom is -0.492 e. The number of aryl methyl sites for hydroxylation is 1. The van der Waals surface area contributed by atoms with E-state index in [4.69, 9.17) is 31.0 Å². The number of alkyl halides is 3. The van der Waals surface area contributed by atoms with E-state index in [-0.39, 0.29) is 0 Å². The van der Waals surface area contributed by atoms with Gasteiger partial charge in [0.1, 0.15) is 12.4 Å². The standard InChI is InChI=1S/C18H24ClN3O2.C2HF3O2/c1-3-23-13-14-11-22(12-18-17(14)10-20-21(18)2)8-9-24-16-6-4-15(19)5-7-16;3-2(4,5)1(6)7/h4-7,10,14H,3,8-9,11-13H2,1-2H3;(H,6,7). The van der Waals surface area contributed by atoms with Crippen molar-refractivity contribution in [2.24, 2.45) is 7.05 Å². The van der Waals surface area contributed by atoms with E-state index in [1.165, 1.54) is 11.3 Å². The van der Waals surface area contributed by atoms with Gasteiger partial charge >= 0.3 is 12.1 Å². The van der Waals surface area contributed by atoms with E-state index in [1.54, 1.807) is 0 Å². The van der Waals surface area contributed by atoms with Crippen LogP contribution in [0.25, 0.3) is 0 Å². The molecule has 31 heavy (non-hydrogen) atoms. The molecule has 1 N–H and O–H groups in total. The summed E-state index contributed by atoms with van der Waals surface area (Å²) in [6, 6.07) is 7.49. The van der Waals surface area contributed by atoms with Gasteiger partial charge in [0, 0.05) is 49.8 Å². The van der Waals surface area contributed by atoms with Gasteiger partial charge < -0.3 is 14.6 Å². The molecular formula is C20H25ClF3N3O4. The monoisotopic (exact) mass is 463 g/mol. The molecule has 1 aromatic carbocycles. The summed E-state index contributed by atoms with van der Waals surface area (Å²) in [5.41, 5.74) is 2.60. The molecule has 2 heterocycles. The van der Waals surface area contributed by atoms with Crippen molar-refractivity contribution < 1.29 is 32.5 Å². The summed E-state index contributed by atoms with van der Waals surface area (Å²) in [6.45, 7) is 6.91. The summed E-state index contributed by atoms with van der Waals surface area (Å²) in [5.74, 6) is -1.53. The second kappa shape index (κ2) is 11.4. The number of hydrogen-bond acceptors (Lipinski definition) is 5. The van der Waals surface area contributed by atoms with Gasteiger partial charge in [-0.1, -0.05) is 11.6 Å². The van der Waals surface area contributed by atoms with E-state index in [1.807, 2.05) is 49.1 Å². The van der Waals surface area contributed by atoms with Crippen LogP contribution in [0.2, 0.25) is 5.02 Å². The number of benzene rings is 1. The van der Waals surface area contributed by atoms with E-state index in [0.29, 0.717) is 12.5 Å². The molecule has 3 rings (SSSR count). The lowest BCUT2D eigenvalue weighted by atomic mass is 9.95. The van der Waals surface area contributed by atoms with Gasteiger partial charge in [0.05, 0.1) is 18.5 Å². The Labute approximate surface area is 183 Å². The van der Waals surface area contributed by atoms with E-state index in [9.17, 15) is 13.2 Å². The molecule has 0 saturated heterocycles. The molecule has 0 fully saturated rings. The third-order valence-corrected chi connectivity index (χ3v) is 4.89. The van der Waals surface area contributed by atoms with Crippen LogP contribution in [0.5, 0.6) is 5.75 Å². The summed E-state index contributed by atoms with van der Waals surface area (Å²) in [6.07, 6.45) is -3.10. The Morgan fingerprint density at radius 1 is 1.32 bits per heavy atom. The maximum Gasteiger partial charge on any atom is 0.490 e. The molecule has 0 aliphatic carbocycles. The molecule has 7 nitrogen and oxygen atoms in total. The number of aromatic nitrogens is 2. The third-order valence-electron chi connectivity index (χ3n) is 4.64. The van der Waals surface area contributed by atoms with Crippen LogP contribution in [0.1, 0.15) is 24.1 Å². The topological polar surface area (TPSA) is 76.8 Å². The maximum atomic E-state index is 10.6.